The summed E-state index contributed by atoms with van der Waals surface area (Å²) in [7, 11) is -4.11. The van der Waals surface area contributed by atoms with Gasteiger partial charge >= 0.3 is 0 Å². The van der Waals surface area contributed by atoms with Gasteiger partial charge in [-0.1, -0.05) is 0 Å². The summed E-state index contributed by atoms with van der Waals surface area (Å²) >= 11 is 0. The Morgan fingerprint density at radius 2 is 2.16 bits per heavy atom. The molecule has 2 atom stereocenters. The Morgan fingerprint density at radius 3 is 2.88 bits per heavy atom. The molecule has 0 bridgehead atoms. The van der Waals surface area contributed by atoms with E-state index in [2.05, 4.69) is 4.98 Å². The van der Waals surface area contributed by atoms with Crippen LogP contribution in [0.3, 0.4) is 0 Å². The Bertz CT molecular complexity index is 901. The second-order valence-corrected chi connectivity index (χ2v) is 7.81. The number of halogens is 1. The molecule has 2 heterocycles. The van der Waals surface area contributed by atoms with E-state index < -0.39 is 21.7 Å². The molecule has 1 aromatic carbocycles. The van der Waals surface area contributed by atoms with Crippen molar-refractivity contribution in [1.82, 2.24) is 9.71 Å². The van der Waals surface area contributed by atoms with Crippen molar-refractivity contribution in [3.8, 4) is 0 Å². The zero-order valence-corrected chi connectivity index (χ0v) is 14.6. The van der Waals surface area contributed by atoms with E-state index in [-0.39, 0.29) is 34.4 Å². The highest BCUT2D eigenvalue weighted by Gasteiger charge is 2.25. The number of aromatic nitrogens is 1. The number of amides is 1. The van der Waals surface area contributed by atoms with Crippen LogP contribution < -0.4 is 4.72 Å². The van der Waals surface area contributed by atoms with Crippen LogP contribution >= 0.6 is 0 Å². The smallest absolute Gasteiger partial charge is 0.264 e. The van der Waals surface area contributed by atoms with Crippen molar-refractivity contribution in [3.63, 3.8) is 0 Å². The number of nitrogens with zero attached hydrogens (tertiary/aromatic N) is 1. The minimum absolute atomic E-state index is 0.0145. The average molecular weight is 366 g/mol. The average Bonchev–Trinajstić information content (AvgIpc) is 2.98. The maximum Gasteiger partial charge on any atom is 0.264 e. The Balaban J connectivity index is 1.74. The lowest BCUT2D eigenvalue weighted by molar-refractivity contribution is -0.120. The first-order valence-corrected chi connectivity index (χ1v) is 9.59. The molecule has 1 aliphatic heterocycles. The molecule has 0 saturated carbocycles. The Hall–Kier alpha value is -2.06. The largest absolute Gasteiger partial charge is 0.375 e. The summed E-state index contributed by atoms with van der Waals surface area (Å²) in [4.78, 5) is 15.7. The van der Waals surface area contributed by atoms with Gasteiger partial charge in [0.15, 0.2) is 0 Å². The summed E-state index contributed by atoms with van der Waals surface area (Å²) in [6.45, 7) is 1.97. The lowest BCUT2D eigenvalue weighted by atomic mass is 10.1. The molecule has 2 aromatic rings. The van der Waals surface area contributed by atoms with Crippen molar-refractivity contribution < 1.29 is 22.3 Å². The van der Waals surface area contributed by atoms with Crippen LogP contribution in [0.4, 0.5) is 4.39 Å². The lowest BCUT2D eigenvalue weighted by Gasteiger charge is -2.12. The topological polar surface area (TPSA) is 85.4 Å². The van der Waals surface area contributed by atoms with Crippen molar-refractivity contribution in [2.45, 2.75) is 49.7 Å². The highest BCUT2D eigenvalue weighted by Crippen LogP contribution is 2.25. The van der Waals surface area contributed by atoms with Crippen LogP contribution in [0.25, 0.3) is 10.9 Å². The van der Waals surface area contributed by atoms with Crippen molar-refractivity contribution in [2.75, 3.05) is 0 Å². The molecule has 1 N–H and O–H groups in total. The summed E-state index contributed by atoms with van der Waals surface area (Å²) < 4.78 is 46.5. The molecule has 1 aliphatic rings. The molecule has 3 rings (SSSR count). The number of carbonyl (C=O) groups excluding carboxylic acids is 1. The molecule has 0 unspecified atom stereocenters. The molecule has 25 heavy (non-hydrogen) atoms. The molecule has 0 spiro atoms. The van der Waals surface area contributed by atoms with E-state index in [4.69, 9.17) is 4.74 Å². The highest BCUT2D eigenvalue weighted by atomic mass is 32.2. The van der Waals surface area contributed by atoms with Gasteiger partial charge in [0.2, 0.25) is 5.91 Å². The highest BCUT2D eigenvalue weighted by molar-refractivity contribution is 7.90. The third kappa shape index (κ3) is 3.96. The summed E-state index contributed by atoms with van der Waals surface area (Å²) in [5.41, 5.74) is -0.0498. The zero-order valence-electron chi connectivity index (χ0n) is 13.7. The number of fused-ring (bicyclic) bond motifs is 1. The Labute approximate surface area is 145 Å². The molecule has 1 amide bonds. The Morgan fingerprint density at radius 1 is 1.36 bits per heavy atom. The molecule has 1 fully saturated rings. The Kier molecular flexibility index (Phi) is 5.01. The van der Waals surface area contributed by atoms with Gasteiger partial charge in [0.1, 0.15) is 11.3 Å². The fourth-order valence-corrected chi connectivity index (χ4v) is 4.21. The minimum atomic E-state index is -4.11. The van der Waals surface area contributed by atoms with Gasteiger partial charge in [-0.3, -0.25) is 9.78 Å². The minimum Gasteiger partial charge on any atom is -0.375 e. The number of hydrogen-bond donors (Lipinski definition) is 1. The standard InChI is InChI=1S/C17H19FN2O4S/c1-11-4-5-12(24-11)6-9-16(21)20-25(22,23)15-8-7-14(18)17-13(15)3-2-10-19-17/h2-3,7-8,10-12H,4-6,9H2,1H3,(H,20,21)/t11-,12+/m0/s1. The van der Waals surface area contributed by atoms with Crippen LogP contribution in [0.15, 0.2) is 35.4 Å². The number of nitrogens with one attached hydrogen (secondary N) is 1. The molecular formula is C17H19FN2O4S. The first-order chi connectivity index (χ1) is 11.9. The van der Waals surface area contributed by atoms with Gasteiger partial charge in [-0.2, -0.15) is 0 Å². The quantitative estimate of drug-likeness (QED) is 0.879. The van der Waals surface area contributed by atoms with E-state index in [1.165, 1.54) is 18.3 Å². The number of rotatable bonds is 5. The number of carbonyl (C=O) groups is 1. The first kappa shape index (κ1) is 17.8. The molecule has 8 heteroatoms. The third-order valence-corrected chi connectivity index (χ3v) is 5.66. The van der Waals surface area contributed by atoms with Gasteiger partial charge in [-0.05, 0) is 50.5 Å². The number of pyridine rings is 1. The summed E-state index contributed by atoms with van der Waals surface area (Å²) in [5, 5.41) is 0.135. The second kappa shape index (κ2) is 7.05. The number of benzene rings is 1. The van der Waals surface area contributed by atoms with Gasteiger partial charge in [0.05, 0.1) is 17.1 Å². The lowest BCUT2D eigenvalue weighted by Crippen LogP contribution is -2.31. The van der Waals surface area contributed by atoms with Crippen LogP contribution in [0, 0.1) is 5.82 Å². The van der Waals surface area contributed by atoms with Crippen LogP contribution in [-0.2, 0) is 19.6 Å². The molecule has 0 radical (unpaired) electrons. The molecule has 134 valence electrons. The fraction of sp³-hybridized carbons (Fsp3) is 0.412. The summed E-state index contributed by atoms with van der Waals surface area (Å²) in [6, 6.07) is 5.14. The summed E-state index contributed by atoms with van der Waals surface area (Å²) in [6.07, 6.45) is 3.87. The monoisotopic (exact) mass is 366 g/mol. The van der Waals surface area contributed by atoms with Crippen molar-refractivity contribution >= 4 is 26.8 Å². The third-order valence-electron chi connectivity index (χ3n) is 4.23. The summed E-state index contributed by atoms with van der Waals surface area (Å²) in [5.74, 6) is -1.22. The van der Waals surface area contributed by atoms with Crippen molar-refractivity contribution in [2.24, 2.45) is 0 Å². The maximum absolute atomic E-state index is 13.8. The van der Waals surface area contributed by atoms with Gasteiger partial charge in [0, 0.05) is 18.0 Å². The first-order valence-electron chi connectivity index (χ1n) is 8.11. The SMILES string of the molecule is C[C@H]1CC[C@H](CCC(=O)NS(=O)(=O)c2ccc(F)c3ncccc23)O1. The number of sulfonamides is 1. The van der Waals surface area contributed by atoms with Crippen molar-refractivity contribution in [1.29, 1.82) is 0 Å². The second-order valence-electron chi connectivity index (χ2n) is 6.16. The predicted molar refractivity (Wildman–Crippen MR) is 89.8 cm³/mol. The van der Waals surface area contributed by atoms with Crippen LogP contribution in [0.2, 0.25) is 0 Å². The number of hydrogen-bond acceptors (Lipinski definition) is 5. The number of ether oxygens (including phenoxy) is 1. The zero-order chi connectivity index (χ0) is 18.0. The van der Waals surface area contributed by atoms with Gasteiger partial charge in [-0.15, -0.1) is 0 Å². The van der Waals surface area contributed by atoms with Gasteiger partial charge in [-0.25, -0.2) is 17.5 Å². The molecule has 1 aromatic heterocycles. The molecule has 6 nitrogen and oxygen atoms in total. The van der Waals surface area contributed by atoms with E-state index in [1.807, 2.05) is 11.6 Å². The van der Waals surface area contributed by atoms with E-state index in [1.54, 1.807) is 0 Å². The van der Waals surface area contributed by atoms with Crippen LogP contribution in [-0.4, -0.2) is 31.5 Å². The molecular weight excluding hydrogens is 347 g/mol. The maximum atomic E-state index is 13.8. The van der Waals surface area contributed by atoms with E-state index in [0.717, 1.165) is 25.0 Å². The van der Waals surface area contributed by atoms with E-state index in [9.17, 15) is 17.6 Å². The van der Waals surface area contributed by atoms with Gasteiger partial charge < -0.3 is 4.74 Å². The van der Waals surface area contributed by atoms with Crippen molar-refractivity contribution in [3.05, 3.63) is 36.3 Å². The van der Waals surface area contributed by atoms with Crippen LogP contribution in [0.5, 0.6) is 0 Å². The van der Waals surface area contributed by atoms with E-state index in [0.29, 0.717) is 6.42 Å². The fourth-order valence-electron chi connectivity index (χ4n) is 2.99. The van der Waals surface area contributed by atoms with Crippen LogP contribution in [0.1, 0.15) is 32.6 Å². The van der Waals surface area contributed by atoms with Gasteiger partial charge in [0.25, 0.3) is 10.0 Å². The predicted octanol–water partition coefficient (Wildman–Crippen LogP) is 2.53. The molecule has 0 aliphatic carbocycles. The van der Waals surface area contributed by atoms with E-state index >= 15 is 0 Å². The molecule has 1 saturated heterocycles. The normalized spacial score (nSPS) is 20.7.